The summed E-state index contributed by atoms with van der Waals surface area (Å²) >= 11 is 3.11. The van der Waals surface area contributed by atoms with Crippen molar-refractivity contribution in [1.82, 2.24) is 4.90 Å². The number of carboxylic acids is 1. The molecule has 1 atom stereocenters. The highest BCUT2D eigenvalue weighted by Crippen LogP contribution is 2.32. The Morgan fingerprint density at radius 3 is 2.47 bits per heavy atom. The number of amides is 1. The van der Waals surface area contributed by atoms with Gasteiger partial charge < -0.3 is 10.0 Å². The molecular formula is C13H15BrFNO3. The van der Waals surface area contributed by atoms with Gasteiger partial charge in [-0.25, -0.2) is 9.18 Å². The summed E-state index contributed by atoms with van der Waals surface area (Å²) < 4.78 is 14.5. The highest BCUT2D eigenvalue weighted by molar-refractivity contribution is 9.10. The summed E-state index contributed by atoms with van der Waals surface area (Å²) in [7, 11) is 0. The fourth-order valence-corrected chi connectivity index (χ4v) is 2.33. The monoisotopic (exact) mass is 331 g/mol. The van der Waals surface area contributed by atoms with Gasteiger partial charge >= 0.3 is 5.97 Å². The Morgan fingerprint density at radius 2 is 2.11 bits per heavy atom. The van der Waals surface area contributed by atoms with E-state index in [0.29, 0.717) is 10.9 Å². The molecule has 0 radical (unpaired) electrons. The highest BCUT2D eigenvalue weighted by atomic mass is 79.9. The van der Waals surface area contributed by atoms with Crippen LogP contribution in [-0.2, 0) is 15.1 Å². The first-order chi connectivity index (χ1) is 8.75. The molecular weight excluding hydrogens is 317 g/mol. The molecule has 1 unspecified atom stereocenters. The zero-order valence-electron chi connectivity index (χ0n) is 10.9. The van der Waals surface area contributed by atoms with Gasteiger partial charge in [-0.05, 0) is 32.9 Å². The van der Waals surface area contributed by atoms with E-state index in [1.165, 1.54) is 19.1 Å². The quantitative estimate of drug-likeness (QED) is 0.844. The van der Waals surface area contributed by atoms with E-state index in [0.717, 1.165) is 4.90 Å². The van der Waals surface area contributed by atoms with Crippen molar-refractivity contribution in [2.45, 2.75) is 32.4 Å². The van der Waals surface area contributed by atoms with E-state index < -0.39 is 17.3 Å². The molecule has 1 rings (SSSR count). The topological polar surface area (TPSA) is 57.6 Å². The molecule has 0 saturated carbocycles. The largest absolute Gasteiger partial charge is 0.479 e. The summed E-state index contributed by atoms with van der Waals surface area (Å²) in [4.78, 5) is 23.8. The molecule has 0 aliphatic carbocycles. The molecule has 1 N–H and O–H groups in total. The smallest absolute Gasteiger partial charge is 0.334 e. The van der Waals surface area contributed by atoms with Gasteiger partial charge in [0.25, 0.3) is 0 Å². The second-order valence-electron chi connectivity index (χ2n) is 4.61. The van der Waals surface area contributed by atoms with Gasteiger partial charge in [0.15, 0.2) is 5.54 Å². The summed E-state index contributed by atoms with van der Waals surface area (Å²) in [5, 5.41) is 9.45. The third kappa shape index (κ3) is 2.78. The average Bonchev–Trinajstić information content (AvgIpc) is 2.28. The minimum absolute atomic E-state index is 0.0519. The molecule has 0 aromatic heterocycles. The van der Waals surface area contributed by atoms with Crippen molar-refractivity contribution < 1.29 is 19.1 Å². The summed E-state index contributed by atoms with van der Waals surface area (Å²) in [6.07, 6.45) is 0.431. The van der Waals surface area contributed by atoms with Gasteiger partial charge in [0, 0.05) is 16.1 Å². The Hall–Kier alpha value is -1.43. The predicted molar refractivity (Wildman–Crippen MR) is 72.1 cm³/mol. The van der Waals surface area contributed by atoms with E-state index in [1.54, 1.807) is 19.9 Å². The second-order valence-corrected chi connectivity index (χ2v) is 5.52. The van der Waals surface area contributed by atoms with Gasteiger partial charge in [-0.1, -0.05) is 22.0 Å². The molecule has 4 nitrogen and oxygen atoms in total. The van der Waals surface area contributed by atoms with E-state index in [1.807, 2.05) is 0 Å². The van der Waals surface area contributed by atoms with Crippen molar-refractivity contribution in [2.24, 2.45) is 0 Å². The van der Waals surface area contributed by atoms with Crippen molar-refractivity contribution in [3.05, 3.63) is 34.1 Å². The lowest BCUT2D eigenvalue weighted by atomic mass is 9.89. The van der Waals surface area contributed by atoms with Crippen LogP contribution in [0, 0.1) is 5.82 Å². The van der Waals surface area contributed by atoms with Crippen LogP contribution in [0.5, 0.6) is 0 Å². The van der Waals surface area contributed by atoms with Crippen LogP contribution in [0.1, 0.15) is 26.3 Å². The predicted octanol–water partition coefficient (Wildman–Crippen LogP) is 2.75. The molecule has 6 heteroatoms. The van der Waals surface area contributed by atoms with Crippen LogP contribution in [0.2, 0.25) is 0 Å². The first-order valence-electron chi connectivity index (χ1n) is 5.67. The maximum atomic E-state index is 14.0. The second kappa shape index (κ2) is 5.69. The third-order valence-electron chi connectivity index (χ3n) is 3.06. The number of carbonyl (C=O) groups excluding carboxylic acids is 1. The average molecular weight is 332 g/mol. The van der Waals surface area contributed by atoms with Crippen LogP contribution in [0.4, 0.5) is 4.39 Å². The highest BCUT2D eigenvalue weighted by Gasteiger charge is 2.44. The van der Waals surface area contributed by atoms with E-state index >= 15 is 0 Å². The maximum absolute atomic E-state index is 14.0. The minimum atomic E-state index is -1.75. The molecule has 0 bridgehead atoms. The lowest BCUT2D eigenvalue weighted by molar-refractivity contribution is -0.156. The first kappa shape index (κ1) is 15.6. The standard InChI is InChI=1S/C13H15BrFNO3/c1-8(2)16(7-17)13(3,12(18)19)10-5-4-9(14)6-11(10)15/h4-8H,1-3H3,(H,18,19). The Bertz CT molecular complexity index is 507. The lowest BCUT2D eigenvalue weighted by Crippen LogP contribution is -2.52. The van der Waals surface area contributed by atoms with E-state index in [-0.39, 0.29) is 11.6 Å². The van der Waals surface area contributed by atoms with Crippen LogP contribution in [0.15, 0.2) is 22.7 Å². The third-order valence-corrected chi connectivity index (χ3v) is 3.55. The fourth-order valence-electron chi connectivity index (χ4n) is 1.99. The van der Waals surface area contributed by atoms with Crippen LogP contribution < -0.4 is 0 Å². The Labute approximate surface area is 119 Å². The number of carboxylic acid groups (broad SMARTS) is 1. The molecule has 0 aliphatic rings. The van der Waals surface area contributed by atoms with E-state index in [2.05, 4.69) is 15.9 Å². The molecule has 1 aromatic carbocycles. The van der Waals surface area contributed by atoms with Crippen molar-refractivity contribution >= 4 is 28.3 Å². The summed E-state index contributed by atoms with van der Waals surface area (Å²) in [5.41, 5.74) is -1.80. The number of aliphatic carboxylic acids is 1. The molecule has 0 saturated heterocycles. The summed E-state index contributed by atoms with van der Waals surface area (Å²) in [6, 6.07) is 3.72. The van der Waals surface area contributed by atoms with Gasteiger partial charge in [0.1, 0.15) is 5.82 Å². The summed E-state index contributed by atoms with van der Waals surface area (Å²) in [6.45, 7) is 4.66. The minimum Gasteiger partial charge on any atom is -0.479 e. The van der Waals surface area contributed by atoms with Gasteiger partial charge in [-0.3, -0.25) is 4.79 Å². The van der Waals surface area contributed by atoms with Crippen molar-refractivity contribution in [2.75, 3.05) is 0 Å². The van der Waals surface area contributed by atoms with E-state index in [9.17, 15) is 19.1 Å². The molecule has 0 spiro atoms. The van der Waals surface area contributed by atoms with Gasteiger partial charge in [0.05, 0.1) is 0 Å². The molecule has 0 heterocycles. The zero-order valence-corrected chi connectivity index (χ0v) is 12.4. The molecule has 104 valence electrons. The molecule has 1 amide bonds. The number of nitrogens with zero attached hydrogens (tertiary/aromatic N) is 1. The number of benzene rings is 1. The number of rotatable bonds is 5. The normalized spacial score (nSPS) is 14.0. The Balaban J connectivity index is 3.49. The zero-order chi connectivity index (χ0) is 14.8. The number of hydrogen-bond acceptors (Lipinski definition) is 2. The molecule has 1 aromatic rings. The lowest BCUT2D eigenvalue weighted by Gasteiger charge is -2.38. The summed E-state index contributed by atoms with van der Waals surface area (Å²) in [5.74, 6) is -1.96. The van der Waals surface area contributed by atoms with E-state index in [4.69, 9.17) is 0 Å². The Morgan fingerprint density at radius 1 is 1.53 bits per heavy atom. The number of carbonyl (C=O) groups is 2. The number of halogens is 2. The van der Waals surface area contributed by atoms with Crippen LogP contribution in [0.25, 0.3) is 0 Å². The Kier molecular flexibility index (Phi) is 4.68. The molecule has 0 fully saturated rings. The molecule has 0 aliphatic heterocycles. The first-order valence-corrected chi connectivity index (χ1v) is 6.47. The maximum Gasteiger partial charge on any atom is 0.334 e. The van der Waals surface area contributed by atoms with Gasteiger partial charge in [-0.2, -0.15) is 0 Å². The SMILES string of the molecule is CC(C)N(C=O)C(C)(C(=O)O)c1ccc(Br)cc1F. The van der Waals surface area contributed by atoms with Gasteiger partial charge in [-0.15, -0.1) is 0 Å². The number of hydrogen-bond donors (Lipinski definition) is 1. The van der Waals surface area contributed by atoms with Gasteiger partial charge in [0.2, 0.25) is 6.41 Å². The van der Waals surface area contributed by atoms with Crippen LogP contribution in [-0.4, -0.2) is 28.4 Å². The van der Waals surface area contributed by atoms with Crippen molar-refractivity contribution in [1.29, 1.82) is 0 Å². The van der Waals surface area contributed by atoms with Crippen LogP contribution in [0.3, 0.4) is 0 Å². The molecule has 19 heavy (non-hydrogen) atoms. The van der Waals surface area contributed by atoms with Crippen molar-refractivity contribution in [3.8, 4) is 0 Å². The fraction of sp³-hybridized carbons (Fsp3) is 0.385. The van der Waals surface area contributed by atoms with Crippen LogP contribution >= 0.6 is 15.9 Å². The van der Waals surface area contributed by atoms with Crippen molar-refractivity contribution in [3.63, 3.8) is 0 Å².